The third-order valence-electron chi connectivity index (χ3n) is 19.9. The van der Waals surface area contributed by atoms with Crippen LogP contribution in [0, 0.1) is 17.8 Å². The highest BCUT2D eigenvalue weighted by Gasteiger charge is 2.30. The monoisotopic (exact) mass is 1520 g/mol. The third kappa shape index (κ3) is 78.2. The number of phosphoric ester groups is 2. The van der Waals surface area contributed by atoms with Gasteiger partial charge >= 0.3 is 39.5 Å². The van der Waals surface area contributed by atoms with Gasteiger partial charge in [-0.25, -0.2) is 9.13 Å². The number of hydrogen-bond acceptors (Lipinski definition) is 15. The van der Waals surface area contributed by atoms with E-state index in [1.165, 1.54) is 257 Å². The number of esters is 4. The van der Waals surface area contributed by atoms with Crippen LogP contribution in [-0.2, 0) is 65.4 Å². The fourth-order valence-corrected chi connectivity index (χ4v) is 14.8. The van der Waals surface area contributed by atoms with Crippen molar-refractivity contribution in [1.82, 2.24) is 0 Å². The lowest BCUT2D eigenvalue weighted by Gasteiger charge is -2.21. The van der Waals surface area contributed by atoms with Gasteiger partial charge in [-0.1, -0.05) is 395 Å². The summed E-state index contributed by atoms with van der Waals surface area (Å²) in [6.07, 6.45) is 65.2. The van der Waals surface area contributed by atoms with Gasteiger partial charge in [-0.15, -0.1) is 0 Å². The highest BCUT2D eigenvalue weighted by atomic mass is 31.2. The second kappa shape index (κ2) is 75.1. The molecule has 0 aromatic heterocycles. The molecule has 0 spiro atoms. The first kappa shape index (κ1) is 102. The number of aliphatic hydroxyl groups excluding tert-OH is 1. The zero-order valence-electron chi connectivity index (χ0n) is 68.5. The molecule has 3 N–H and O–H groups in total. The number of carbonyl (C=O) groups excluding carboxylic acids is 4. The summed E-state index contributed by atoms with van der Waals surface area (Å²) in [5, 5.41) is 10.7. The summed E-state index contributed by atoms with van der Waals surface area (Å²) in [6, 6.07) is 0. The maximum absolute atomic E-state index is 13.1. The van der Waals surface area contributed by atoms with Gasteiger partial charge < -0.3 is 33.8 Å². The standard InChI is InChI=1S/C85H166O17P2/c1-8-9-10-11-12-13-14-15-16-17-22-28-33-38-47-54-61-68-85(90)102-81(73-96-83(88)67-60-53-46-41-40-44-51-58-65-78(6)7)75-100-104(93,94)98-71-79(86)70-97-103(91,92)99-74-80(101-84(89)69-62-55-48-39-34-29-24-19-21-26-31-36-43-50-57-64-77(4)5)72-95-82(87)66-59-52-45-37-32-27-23-18-20-25-30-35-42-49-56-63-76(2)3/h76-81,86H,8-75H2,1-7H3,(H,91,92)(H,93,94)/t79-,80-,81-/m1/s1. The first-order chi connectivity index (χ1) is 50.2. The van der Waals surface area contributed by atoms with Crippen molar-refractivity contribution in [3.8, 4) is 0 Å². The zero-order valence-corrected chi connectivity index (χ0v) is 70.3. The molecule has 104 heavy (non-hydrogen) atoms. The quantitative estimate of drug-likeness (QED) is 0.0222. The number of aliphatic hydroxyl groups is 1. The number of phosphoric acid groups is 2. The molecule has 0 saturated carbocycles. The number of hydrogen-bond donors (Lipinski definition) is 3. The first-order valence-corrected chi connectivity index (χ1v) is 46.8. The molecule has 5 atom stereocenters. The molecule has 0 fully saturated rings. The lowest BCUT2D eigenvalue weighted by molar-refractivity contribution is -0.161. The van der Waals surface area contributed by atoms with E-state index in [2.05, 4.69) is 48.5 Å². The summed E-state index contributed by atoms with van der Waals surface area (Å²) in [5.41, 5.74) is 0. The molecule has 0 radical (unpaired) electrons. The molecule has 0 aliphatic heterocycles. The van der Waals surface area contributed by atoms with Crippen molar-refractivity contribution in [3.05, 3.63) is 0 Å². The van der Waals surface area contributed by atoms with Crippen molar-refractivity contribution in [2.24, 2.45) is 17.8 Å². The van der Waals surface area contributed by atoms with Crippen LogP contribution in [0.15, 0.2) is 0 Å². The normalized spacial score (nSPS) is 13.9. The average Bonchev–Trinajstić information content (AvgIpc) is 0.904. The molecule has 0 saturated heterocycles. The lowest BCUT2D eigenvalue weighted by atomic mass is 10.0. The molecule has 0 bridgehead atoms. The van der Waals surface area contributed by atoms with E-state index in [1.807, 2.05) is 0 Å². The Bertz CT molecular complexity index is 2010. The fraction of sp³-hybridized carbons (Fsp3) is 0.953. The minimum atomic E-state index is -4.97. The molecule has 618 valence electrons. The second-order valence-corrected chi connectivity index (χ2v) is 34.9. The molecule has 17 nitrogen and oxygen atoms in total. The number of carbonyl (C=O) groups is 4. The Hall–Kier alpha value is -1.94. The van der Waals surface area contributed by atoms with Gasteiger partial charge in [-0.3, -0.25) is 37.3 Å². The van der Waals surface area contributed by atoms with Crippen LogP contribution in [0.2, 0.25) is 0 Å². The Balaban J connectivity index is 5.25. The zero-order chi connectivity index (χ0) is 76.5. The highest BCUT2D eigenvalue weighted by molar-refractivity contribution is 7.47. The van der Waals surface area contributed by atoms with E-state index < -0.39 is 97.5 Å². The average molecular weight is 1520 g/mol. The SMILES string of the molecule is CCCCCCCCCCCCCCCCCCCC(=O)O[C@H](COC(=O)CCCCCCCCCCC(C)C)COP(=O)(O)OC[C@H](O)COP(=O)(O)OC[C@@H](COC(=O)CCCCCCCCCCCCCCCCCC(C)C)OC(=O)CCCCCCCCCCCCCCCCCC(C)C. The number of rotatable bonds is 83. The van der Waals surface area contributed by atoms with Gasteiger partial charge in [0, 0.05) is 25.7 Å². The summed E-state index contributed by atoms with van der Waals surface area (Å²) < 4.78 is 68.9. The van der Waals surface area contributed by atoms with Gasteiger partial charge in [0.2, 0.25) is 0 Å². The molecule has 0 aliphatic rings. The van der Waals surface area contributed by atoms with Crippen LogP contribution < -0.4 is 0 Å². The first-order valence-electron chi connectivity index (χ1n) is 43.8. The maximum Gasteiger partial charge on any atom is 0.472 e. The Morgan fingerprint density at radius 2 is 0.442 bits per heavy atom. The predicted octanol–water partition coefficient (Wildman–Crippen LogP) is 25.7. The van der Waals surface area contributed by atoms with Crippen molar-refractivity contribution >= 4 is 39.5 Å². The molecule has 19 heteroatoms. The summed E-state index contributed by atoms with van der Waals surface area (Å²) >= 11 is 0. The molecule has 0 aromatic carbocycles. The highest BCUT2D eigenvalue weighted by Crippen LogP contribution is 2.45. The van der Waals surface area contributed by atoms with Crippen molar-refractivity contribution in [3.63, 3.8) is 0 Å². The van der Waals surface area contributed by atoms with Crippen molar-refractivity contribution in [2.45, 2.75) is 465 Å². The summed E-state index contributed by atoms with van der Waals surface area (Å²) in [7, 11) is -9.93. The third-order valence-corrected chi connectivity index (χ3v) is 21.8. The molecule has 0 heterocycles. The Labute approximate surface area is 638 Å². The van der Waals surface area contributed by atoms with Gasteiger partial charge in [0.05, 0.1) is 26.4 Å². The molecular formula is C85H166O17P2. The molecule has 2 unspecified atom stereocenters. The van der Waals surface area contributed by atoms with Gasteiger partial charge in [-0.2, -0.15) is 0 Å². The Morgan fingerprint density at radius 1 is 0.260 bits per heavy atom. The summed E-state index contributed by atoms with van der Waals surface area (Å²) in [4.78, 5) is 73.2. The topological polar surface area (TPSA) is 237 Å². The van der Waals surface area contributed by atoms with Crippen molar-refractivity contribution < 1.29 is 80.2 Å². The van der Waals surface area contributed by atoms with Crippen LogP contribution in [0.1, 0.15) is 447 Å². The van der Waals surface area contributed by atoms with E-state index in [0.29, 0.717) is 25.7 Å². The van der Waals surface area contributed by atoms with Crippen LogP contribution in [0.4, 0.5) is 0 Å². The van der Waals surface area contributed by atoms with Crippen LogP contribution >= 0.6 is 15.6 Å². The fourth-order valence-electron chi connectivity index (χ4n) is 13.2. The molecular weight excluding hydrogens is 1350 g/mol. The van der Waals surface area contributed by atoms with E-state index in [1.54, 1.807) is 0 Å². The predicted molar refractivity (Wildman–Crippen MR) is 428 cm³/mol. The summed E-state index contributed by atoms with van der Waals surface area (Å²) in [5.74, 6) is 0.230. The van der Waals surface area contributed by atoms with Crippen molar-refractivity contribution in [1.29, 1.82) is 0 Å². The molecule has 0 amide bonds. The van der Waals surface area contributed by atoms with E-state index in [0.717, 1.165) is 108 Å². The minimum absolute atomic E-state index is 0.108. The second-order valence-electron chi connectivity index (χ2n) is 32.0. The van der Waals surface area contributed by atoms with Crippen molar-refractivity contribution in [2.75, 3.05) is 39.6 Å². The van der Waals surface area contributed by atoms with Gasteiger partial charge in [0.1, 0.15) is 19.3 Å². The maximum atomic E-state index is 13.1. The van der Waals surface area contributed by atoms with Gasteiger partial charge in [0.15, 0.2) is 12.2 Å². The smallest absolute Gasteiger partial charge is 0.462 e. The molecule has 0 aliphatic carbocycles. The van der Waals surface area contributed by atoms with Gasteiger partial charge in [-0.05, 0) is 43.4 Å². The molecule has 0 aromatic rings. The lowest BCUT2D eigenvalue weighted by Crippen LogP contribution is -2.30. The Kier molecular flexibility index (Phi) is 73.7. The van der Waals surface area contributed by atoms with Crippen LogP contribution in [0.5, 0.6) is 0 Å². The van der Waals surface area contributed by atoms with Crippen LogP contribution in [-0.4, -0.2) is 96.7 Å². The number of unbranched alkanes of at least 4 members (excludes halogenated alkanes) is 51. The van der Waals surface area contributed by atoms with Crippen LogP contribution in [0.25, 0.3) is 0 Å². The summed E-state index contributed by atoms with van der Waals surface area (Å²) in [6.45, 7) is 12.0. The van der Waals surface area contributed by atoms with E-state index in [4.69, 9.17) is 37.0 Å². The van der Waals surface area contributed by atoms with E-state index in [-0.39, 0.29) is 25.7 Å². The Morgan fingerprint density at radius 3 is 0.654 bits per heavy atom. The minimum Gasteiger partial charge on any atom is -0.462 e. The number of ether oxygens (including phenoxy) is 4. The molecule has 0 rings (SSSR count). The van der Waals surface area contributed by atoms with E-state index in [9.17, 15) is 43.2 Å². The van der Waals surface area contributed by atoms with Gasteiger partial charge in [0.25, 0.3) is 0 Å². The van der Waals surface area contributed by atoms with Crippen LogP contribution in [0.3, 0.4) is 0 Å². The van der Waals surface area contributed by atoms with E-state index >= 15 is 0 Å². The largest absolute Gasteiger partial charge is 0.472 e.